The first-order chi connectivity index (χ1) is 11.5. The van der Waals surface area contributed by atoms with Crippen LogP contribution >= 0.6 is 0 Å². The van der Waals surface area contributed by atoms with Crippen molar-refractivity contribution in [2.45, 2.75) is 19.4 Å². The fourth-order valence-electron chi connectivity index (χ4n) is 2.28. The lowest BCUT2D eigenvalue weighted by Gasteiger charge is -2.28. The second-order valence-electron chi connectivity index (χ2n) is 5.89. The molecule has 2 N–H and O–H groups in total. The number of nitrogens with one attached hydrogen (secondary N) is 1. The van der Waals surface area contributed by atoms with Crippen molar-refractivity contribution >= 4 is 18.2 Å². The minimum absolute atomic E-state index is 0.0543. The third-order valence-corrected chi connectivity index (χ3v) is 3.53. The zero-order chi connectivity index (χ0) is 17.2. The zero-order valence-corrected chi connectivity index (χ0v) is 13.4. The number of pyridine rings is 1. The fraction of sp³-hybridized carbons (Fsp3) is 0.167. The number of benzene rings is 1. The smallest absolute Gasteiger partial charge is 0.272 e. The second kappa shape index (κ2) is 6.16. The molecule has 2 heterocycles. The fourth-order valence-corrected chi connectivity index (χ4v) is 2.28. The summed E-state index contributed by atoms with van der Waals surface area (Å²) in [6.07, 6.45) is 8.12. The number of hydrogen-bond acceptors (Lipinski definition) is 5. The highest BCUT2D eigenvalue weighted by atomic mass is 16.5. The Kier molecular flexibility index (Phi) is 4.04. The molecule has 1 aliphatic heterocycles. The first-order valence-electron chi connectivity index (χ1n) is 7.44. The van der Waals surface area contributed by atoms with E-state index in [0.29, 0.717) is 22.4 Å². The molecule has 2 aromatic rings. The number of nitrogens with zero attached hydrogens (tertiary/aromatic N) is 2. The van der Waals surface area contributed by atoms with Crippen LogP contribution in [0.25, 0.3) is 6.08 Å². The predicted octanol–water partition coefficient (Wildman–Crippen LogP) is 2.74. The van der Waals surface area contributed by atoms with Crippen LogP contribution in [0.3, 0.4) is 0 Å². The van der Waals surface area contributed by atoms with Crippen molar-refractivity contribution in [2.75, 3.05) is 0 Å². The van der Waals surface area contributed by atoms with Crippen LogP contribution in [0.2, 0.25) is 0 Å². The summed E-state index contributed by atoms with van der Waals surface area (Å²) in [5.74, 6) is 0.289. The number of phenolic OH excluding ortho intramolecular Hbond substituents is 1. The van der Waals surface area contributed by atoms with Gasteiger partial charge in [-0.25, -0.2) is 5.43 Å². The Labute approximate surface area is 139 Å². The molecular weight excluding hydrogens is 306 g/mol. The molecule has 24 heavy (non-hydrogen) atoms. The molecule has 1 aliphatic rings. The lowest BCUT2D eigenvalue weighted by Crippen LogP contribution is -2.27. The minimum atomic E-state index is -0.410. The number of carbonyl (C=O) groups is 1. The highest BCUT2D eigenvalue weighted by Gasteiger charge is 2.24. The van der Waals surface area contributed by atoms with Gasteiger partial charge >= 0.3 is 0 Å². The van der Waals surface area contributed by atoms with Crippen molar-refractivity contribution in [2.24, 2.45) is 5.10 Å². The van der Waals surface area contributed by atoms with Crippen molar-refractivity contribution < 1.29 is 14.6 Å². The largest absolute Gasteiger partial charge is 0.506 e. The Morgan fingerprint density at radius 3 is 2.96 bits per heavy atom. The Hall–Kier alpha value is -3.15. The summed E-state index contributed by atoms with van der Waals surface area (Å²) < 4.78 is 5.79. The maximum absolute atomic E-state index is 11.9. The lowest BCUT2D eigenvalue weighted by atomic mass is 10.00. The lowest BCUT2D eigenvalue weighted by molar-refractivity contribution is 0.0954. The summed E-state index contributed by atoms with van der Waals surface area (Å²) in [6.45, 7) is 3.87. The van der Waals surface area contributed by atoms with Gasteiger partial charge in [-0.3, -0.25) is 9.78 Å². The van der Waals surface area contributed by atoms with Crippen LogP contribution in [0.4, 0.5) is 0 Å². The molecule has 6 heteroatoms. The molecule has 0 atom stereocenters. The van der Waals surface area contributed by atoms with Gasteiger partial charge in [0.1, 0.15) is 17.1 Å². The summed E-state index contributed by atoms with van der Waals surface area (Å²) in [7, 11) is 0. The number of hydrazone groups is 1. The Morgan fingerprint density at radius 2 is 2.21 bits per heavy atom. The average molecular weight is 323 g/mol. The van der Waals surface area contributed by atoms with E-state index in [1.165, 1.54) is 12.4 Å². The number of aromatic nitrogens is 1. The highest BCUT2D eigenvalue weighted by Crippen LogP contribution is 2.37. The summed E-state index contributed by atoms with van der Waals surface area (Å²) in [4.78, 5) is 15.7. The molecular formula is C18H17N3O3. The second-order valence-corrected chi connectivity index (χ2v) is 5.89. The standard InChI is InChI=1S/C18H17N3O3/c1-18(2)8-7-14-15(24-18)6-5-12(16(14)22)11-20-21-17(23)13-4-3-9-19-10-13/h3-11,22H,1-2H3,(H,21,23)/b20-11+. The van der Waals surface area contributed by atoms with E-state index in [1.54, 1.807) is 30.5 Å². The number of amides is 1. The SMILES string of the molecule is CC1(C)C=Cc2c(ccc(/C=N/NC(=O)c3cccnc3)c2O)O1. The van der Waals surface area contributed by atoms with E-state index >= 15 is 0 Å². The molecule has 0 saturated carbocycles. The molecule has 0 aliphatic carbocycles. The van der Waals surface area contributed by atoms with Crippen LogP contribution in [0.1, 0.15) is 35.3 Å². The Balaban J connectivity index is 1.76. The predicted molar refractivity (Wildman–Crippen MR) is 91.1 cm³/mol. The van der Waals surface area contributed by atoms with Gasteiger partial charge < -0.3 is 9.84 Å². The van der Waals surface area contributed by atoms with E-state index in [9.17, 15) is 9.90 Å². The van der Waals surface area contributed by atoms with Gasteiger partial charge in [0.25, 0.3) is 5.91 Å². The van der Waals surface area contributed by atoms with E-state index in [2.05, 4.69) is 15.5 Å². The van der Waals surface area contributed by atoms with E-state index in [4.69, 9.17) is 4.74 Å². The maximum atomic E-state index is 11.9. The van der Waals surface area contributed by atoms with Gasteiger partial charge in [-0.2, -0.15) is 5.10 Å². The average Bonchev–Trinajstić information content (AvgIpc) is 2.56. The van der Waals surface area contributed by atoms with E-state index < -0.39 is 5.60 Å². The maximum Gasteiger partial charge on any atom is 0.272 e. The summed E-state index contributed by atoms with van der Waals surface area (Å²) in [5, 5.41) is 14.2. The number of rotatable bonds is 3. The number of carbonyl (C=O) groups excluding carboxylic acids is 1. The monoisotopic (exact) mass is 323 g/mol. The number of hydrogen-bond donors (Lipinski definition) is 2. The molecule has 1 aromatic heterocycles. The third kappa shape index (κ3) is 3.27. The quantitative estimate of drug-likeness (QED) is 0.672. The highest BCUT2D eigenvalue weighted by molar-refractivity contribution is 5.95. The van der Waals surface area contributed by atoms with Crippen molar-refractivity contribution in [3.8, 4) is 11.5 Å². The van der Waals surface area contributed by atoms with Gasteiger partial charge in [0.15, 0.2) is 0 Å². The molecule has 1 amide bonds. The third-order valence-electron chi connectivity index (χ3n) is 3.53. The van der Waals surface area contributed by atoms with Crippen LogP contribution in [0.15, 0.2) is 47.8 Å². The molecule has 0 radical (unpaired) electrons. The number of fused-ring (bicyclic) bond motifs is 1. The summed E-state index contributed by atoms with van der Waals surface area (Å²) in [6, 6.07) is 6.76. The van der Waals surface area contributed by atoms with E-state index in [1.807, 2.05) is 26.0 Å². The first-order valence-corrected chi connectivity index (χ1v) is 7.44. The first kappa shape index (κ1) is 15.7. The number of ether oxygens (including phenoxy) is 1. The van der Waals surface area contributed by atoms with Gasteiger partial charge in [0.05, 0.1) is 17.3 Å². The van der Waals surface area contributed by atoms with Crippen molar-refractivity contribution in [3.05, 3.63) is 59.4 Å². The van der Waals surface area contributed by atoms with Crippen LogP contribution in [0.5, 0.6) is 11.5 Å². The van der Waals surface area contributed by atoms with Gasteiger partial charge in [0, 0.05) is 18.0 Å². The van der Waals surface area contributed by atoms with Crippen molar-refractivity contribution in [3.63, 3.8) is 0 Å². The van der Waals surface area contributed by atoms with Gasteiger partial charge in [-0.15, -0.1) is 0 Å². The molecule has 0 fully saturated rings. The molecule has 0 spiro atoms. The van der Waals surface area contributed by atoms with E-state index in [-0.39, 0.29) is 11.7 Å². The molecule has 3 rings (SSSR count). The van der Waals surface area contributed by atoms with Gasteiger partial charge in [-0.1, -0.05) is 0 Å². The molecule has 122 valence electrons. The minimum Gasteiger partial charge on any atom is -0.506 e. The van der Waals surface area contributed by atoms with Gasteiger partial charge in [0.2, 0.25) is 0 Å². The van der Waals surface area contributed by atoms with Crippen LogP contribution in [-0.4, -0.2) is 27.8 Å². The van der Waals surface area contributed by atoms with Gasteiger partial charge in [-0.05, 0) is 50.3 Å². The van der Waals surface area contributed by atoms with Crippen LogP contribution < -0.4 is 10.2 Å². The summed E-state index contributed by atoms with van der Waals surface area (Å²) >= 11 is 0. The van der Waals surface area contributed by atoms with E-state index in [0.717, 1.165) is 0 Å². The molecule has 6 nitrogen and oxygen atoms in total. The molecule has 0 unspecified atom stereocenters. The molecule has 1 aromatic carbocycles. The van der Waals surface area contributed by atoms with Crippen molar-refractivity contribution in [1.82, 2.24) is 10.4 Å². The molecule has 0 saturated heterocycles. The van der Waals surface area contributed by atoms with Crippen LogP contribution in [-0.2, 0) is 0 Å². The summed E-state index contributed by atoms with van der Waals surface area (Å²) in [5.41, 5.74) is 3.47. The van der Waals surface area contributed by atoms with Crippen LogP contribution in [0, 0.1) is 0 Å². The molecule has 0 bridgehead atoms. The Morgan fingerprint density at radius 1 is 1.38 bits per heavy atom. The zero-order valence-electron chi connectivity index (χ0n) is 13.4. The topological polar surface area (TPSA) is 83.8 Å². The Bertz CT molecular complexity index is 827. The number of phenols is 1. The van der Waals surface area contributed by atoms with Crippen molar-refractivity contribution in [1.29, 1.82) is 0 Å². The normalized spacial score (nSPS) is 14.9. The number of aromatic hydroxyl groups is 1.